The molecule has 0 spiro atoms. The van der Waals surface area contributed by atoms with Gasteiger partial charge < -0.3 is 5.32 Å². The fourth-order valence-corrected chi connectivity index (χ4v) is 3.31. The molecule has 90 valence electrons. The van der Waals surface area contributed by atoms with E-state index in [-0.39, 0.29) is 0 Å². The van der Waals surface area contributed by atoms with E-state index in [0.29, 0.717) is 0 Å². The molecule has 0 amide bonds. The third kappa shape index (κ3) is 2.71. The third-order valence-corrected chi connectivity index (χ3v) is 4.65. The van der Waals surface area contributed by atoms with Crippen LogP contribution in [0.15, 0.2) is 12.1 Å². The van der Waals surface area contributed by atoms with Gasteiger partial charge in [0.2, 0.25) is 0 Å². The molecule has 2 heterocycles. The van der Waals surface area contributed by atoms with Gasteiger partial charge in [-0.2, -0.15) is 0 Å². The first-order chi connectivity index (χ1) is 8.15. The number of rotatable bonds is 3. The summed E-state index contributed by atoms with van der Waals surface area (Å²) in [6, 6.07) is 3.82. The smallest absolute Gasteiger partial charge is 0.171 e. The second-order valence-corrected chi connectivity index (χ2v) is 6.16. The molecular formula is C11H11ClIN3S. The van der Waals surface area contributed by atoms with Crippen LogP contribution in [0.4, 0.5) is 5.82 Å². The van der Waals surface area contributed by atoms with Crippen LogP contribution >= 0.6 is 45.5 Å². The third-order valence-electron chi connectivity index (χ3n) is 2.29. The number of hydrogen-bond donors (Lipinski definition) is 1. The van der Waals surface area contributed by atoms with Gasteiger partial charge in [-0.3, -0.25) is 0 Å². The highest BCUT2D eigenvalue weighted by atomic mass is 127. The van der Waals surface area contributed by atoms with Crippen LogP contribution < -0.4 is 5.32 Å². The highest BCUT2D eigenvalue weighted by Crippen LogP contribution is 2.31. The van der Waals surface area contributed by atoms with E-state index in [4.69, 9.17) is 11.6 Å². The Kier molecular flexibility index (Phi) is 4.22. The highest BCUT2D eigenvalue weighted by Gasteiger charge is 2.12. The summed E-state index contributed by atoms with van der Waals surface area (Å²) in [6.07, 6.45) is 0.890. The van der Waals surface area contributed by atoms with E-state index in [0.717, 1.165) is 36.5 Å². The van der Waals surface area contributed by atoms with Gasteiger partial charge in [0.25, 0.3) is 0 Å². The molecule has 2 rings (SSSR count). The number of thiophene rings is 1. The predicted octanol–water partition coefficient (Wildman–Crippen LogP) is 4.07. The minimum atomic E-state index is 0.739. The first-order valence-corrected chi connectivity index (χ1v) is 7.43. The van der Waals surface area contributed by atoms with E-state index < -0.39 is 0 Å². The number of aromatic nitrogens is 2. The summed E-state index contributed by atoms with van der Waals surface area (Å²) < 4.78 is 1.84. The maximum Gasteiger partial charge on any atom is 0.171 e. The standard InChI is InChI=1S/C11H11ClIN3S/c1-3-6-9(13)11(14-2)16-10(15-6)7-4-5-8(12)17-7/h4-5H,3H2,1-2H3,(H,14,15,16). The maximum atomic E-state index is 5.93. The normalized spacial score (nSPS) is 10.6. The number of nitrogens with zero attached hydrogens (tertiary/aromatic N) is 2. The Balaban J connectivity index is 2.55. The van der Waals surface area contributed by atoms with Crippen LogP contribution in [0.3, 0.4) is 0 Å². The molecule has 0 aliphatic carbocycles. The molecule has 6 heteroatoms. The van der Waals surface area contributed by atoms with Crippen molar-refractivity contribution in [3.63, 3.8) is 0 Å². The number of halogens is 2. The van der Waals surface area contributed by atoms with Crippen LogP contribution in [0.25, 0.3) is 10.7 Å². The molecule has 0 radical (unpaired) electrons. The second-order valence-electron chi connectivity index (χ2n) is 3.36. The molecule has 17 heavy (non-hydrogen) atoms. The van der Waals surface area contributed by atoms with E-state index >= 15 is 0 Å². The van der Waals surface area contributed by atoms with Crippen molar-refractivity contribution in [2.24, 2.45) is 0 Å². The number of aryl methyl sites for hydroxylation is 1. The van der Waals surface area contributed by atoms with Gasteiger partial charge in [-0.1, -0.05) is 18.5 Å². The van der Waals surface area contributed by atoms with Crippen molar-refractivity contribution in [3.05, 3.63) is 25.7 Å². The number of anilines is 1. The van der Waals surface area contributed by atoms with Crippen LogP contribution in [0.2, 0.25) is 4.34 Å². The van der Waals surface area contributed by atoms with Gasteiger partial charge in [-0.25, -0.2) is 9.97 Å². The van der Waals surface area contributed by atoms with Gasteiger partial charge in [0.05, 0.1) is 18.5 Å². The van der Waals surface area contributed by atoms with Crippen molar-refractivity contribution in [1.29, 1.82) is 0 Å². The molecule has 2 aromatic rings. The Morgan fingerprint density at radius 1 is 1.41 bits per heavy atom. The summed E-state index contributed by atoms with van der Waals surface area (Å²) in [5.41, 5.74) is 1.06. The second kappa shape index (κ2) is 5.49. The number of nitrogens with one attached hydrogen (secondary N) is 1. The summed E-state index contributed by atoms with van der Waals surface area (Å²) >= 11 is 9.70. The van der Waals surface area contributed by atoms with E-state index in [1.54, 1.807) is 0 Å². The van der Waals surface area contributed by atoms with Crippen molar-refractivity contribution < 1.29 is 0 Å². The fraction of sp³-hybridized carbons (Fsp3) is 0.273. The van der Waals surface area contributed by atoms with Crippen molar-refractivity contribution >= 4 is 51.3 Å². The zero-order valence-electron chi connectivity index (χ0n) is 9.42. The van der Waals surface area contributed by atoms with Gasteiger partial charge >= 0.3 is 0 Å². The minimum absolute atomic E-state index is 0.739. The molecule has 0 fully saturated rings. The van der Waals surface area contributed by atoms with Crippen LogP contribution in [-0.4, -0.2) is 17.0 Å². The van der Waals surface area contributed by atoms with Gasteiger partial charge in [0.15, 0.2) is 5.82 Å². The lowest BCUT2D eigenvalue weighted by atomic mass is 10.3. The summed E-state index contributed by atoms with van der Waals surface area (Å²) in [5.74, 6) is 1.61. The average Bonchev–Trinajstić information content (AvgIpc) is 2.76. The Morgan fingerprint density at radius 2 is 2.18 bits per heavy atom. The Hall–Kier alpha value is -0.400. The van der Waals surface area contributed by atoms with Crippen LogP contribution in [0.5, 0.6) is 0 Å². The largest absolute Gasteiger partial charge is 0.372 e. The molecule has 0 bridgehead atoms. The summed E-state index contributed by atoms with van der Waals surface area (Å²) in [4.78, 5) is 10.1. The van der Waals surface area contributed by atoms with Gasteiger partial charge in [-0.05, 0) is 41.1 Å². The molecule has 1 N–H and O–H groups in total. The Bertz CT molecular complexity index is 516. The van der Waals surface area contributed by atoms with E-state index in [2.05, 4.69) is 44.8 Å². The molecule has 0 atom stereocenters. The lowest BCUT2D eigenvalue weighted by Crippen LogP contribution is -2.04. The quantitative estimate of drug-likeness (QED) is 0.817. The van der Waals surface area contributed by atoms with Gasteiger partial charge in [0.1, 0.15) is 5.82 Å². The molecule has 0 aliphatic rings. The van der Waals surface area contributed by atoms with Crippen LogP contribution in [0.1, 0.15) is 12.6 Å². The van der Waals surface area contributed by atoms with E-state index in [9.17, 15) is 0 Å². The topological polar surface area (TPSA) is 37.8 Å². The monoisotopic (exact) mass is 379 g/mol. The lowest BCUT2D eigenvalue weighted by Gasteiger charge is -2.08. The first kappa shape index (κ1) is 13.0. The van der Waals surface area contributed by atoms with Crippen molar-refractivity contribution in [2.45, 2.75) is 13.3 Å². The summed E-state index contributed by atoms with van der Waals surface area (Å²) in [5, 5.41) is 3.10. The molecule has 2 aromatic heterocycles. The van der Waals surface area contributed by atoms with Crippen LogP contribution in [0, 0.1) is 3.57 Å². The summed E-state index contributed by atoms with van der Waals surface area (Å²) in [6.45, 7) is 2.09. The first-order valence-electron chi connectivity index (χ1n) is 5.15. The molecule has 0 unspecified atom stereocenters. The van der Waals surface area contributed by atoms with Crippen LogP contribution in [-0.2, 0) is 6.42 Å². The maximum absolute atomic E-state index is 5.93. The molecule has 3 nitrogen and oxygen atoms in total. The zero-order chi connectivity index (χ0) is 12.4. The predicted molar refractivity (Wildman–Crippen MR) is 82.0 cm³/mol. The molecule has 0 saturated carbocycles. The van der Waals surface area contributed by atoms with Gasteiger partial charge in [-0.15, -0.1) is 11.3 Å². The SMILES string of the molecule is CCc1nc(-c2ccc(Cl)s2)nc(NC)c1I. The van der Waals surface area contributed by atoms with Crippen molar-refractivity contribution in [1.82, 2.24) is 9.97 Å². The van der Waals surface area contributed by atoms with Crippen molar-refractivity contribution in [2.75, 3.05) is 12.4 Å². The average molecular weight is 380 g/mol. The Morgan fingerprint density at radius 3 is 2.71 bits per heavy atom. The molecule has 0 aliphatic heterocycles. The van der Waals surface area contributed by atoms with E-state index in [1.165, 1.54) is 11.3 Å². The zero-order valence-corrected chi connectivity index (χ0v) is 13.2. The minimum Gasteiger partial charge on any atom is -0.372 e. The highest BCUT2D eigenvalue weighted by molar-refractivity contribution is 14.1. The van der Waals surface area contributed by atoms with Crippen molar-refractivity contribution in [3.8, 4) is 10.7 Å². The number of hydrogen-bond acceptors (Lipinski definition) is 4. The molecule has 0 saturated heterocycles. The molecule has 0 aromatic carbocycles. The summed E-state index contributed by atoms with van der Waals surface area (Å²) in [7, 11) is 1.87. The Labute approximate surface area is 123 Å². The van der Waals surface area contributed by atoms with E-state index in [1.807, 2.05) is 19.2 Å². The molecular weight excluding hydrogens is 369 g/mol. The fourth-order valence-electron chi connectivity index (χ4n) is 1.44. The van der Waals surface area contributed by atoms with Gasteiger partial charge in [0, 0.05) is 7.05 Å². The lowest BCUT2D eigenvalue weighted by molar-refractivity contribution is 0.992.